The maximum Gasteiger partial charge on any atom is 0.262 e. The molecule has 1 aliphatic rings. The van der Waals surface area contributed by atoms with E-state index in [-0.39, 0.29) is 5.56 Å². The third-order valence-corrected chi connectivity index (χ3v) is 5.44. The van der Waals surface area contributed by atoms with Gasteiger partial charge in [-0.1, -0.05) is 30.0 Å². The van der Waals surface area contributed by atoms with Crippen molar-refractivity contribution in [3.63, 3.8) is 0 Å². The number of para-hydroxylation sites is 1. The van der Waals surface area contributed by atoms with Crippen LogP contribution in [0.4, 0.5) is 0 Å². The third-order valence-electron chi connectivity index (χ3n) is 4.45. The van der Waals surface area contributed by atoms with Gasteiger partial charge in [-0.3, -0.25) is 9.36 Å². The number of fused-ring (bicyclic) bond motifs is 2. The molecule has 5 nitrogen and oxygen atoms in total. The number of hydrogen-bond acceptors (Lipinski definition) is 4. The van der Waals surface area contributed by atoms with E-state index < -0.39 is 0 Å². The highest BCUT2D eigenvalue weighted by molar-refractivity contribution is 7.98. The summed E-state index contributed by atoms with van der Waals surface area (Å²) in [6.45, 7) is 0. The smallest absolute Gasteiger partial charge is 0.262 e. The van der Waals surface area contributed by atoms with Crippen molar-refractivity contribution < 1.29 is 0 Å². The minimum atomic E-state index is 0.0746. The zero-order valence-electron chi connectivity index (χ0n) is 13.5. The van der Waals surface area contributed by atoms with E-state index in [1.54, 1.807) is 11.8 Å². The third kappa shape index (κ3) is 2.62. The van der Waals surface area contributed by atoms with Gasteiger partial charge in [-0.2, -0.15) is 0 Å². The number of rotatable bonds is 4. The van der Waals surface area contributed by atoms with E-state index in [9.17, 15) is 4.79 Å². The fourth-order valence-electron chi connectivity index (χ4n) is 3.08. The van der Waals surface area contributed by atoms with Gasteiger partial charge >= 0.3 is 0 Å². The van der Waals surface area contributed by atoms with Gasteiger partial charge in [0.25, 0.3) is 5.56 Å². The Bertz CT molecular complexity index is 1110. The average molecular weight is 348 g/mol. The van der Waals surface area contributed by atoms with Crippen molar-refractivity contribution in [3.8, 4) is 0 Å². The van der Waals surface area contributed by atoms with E-state index >= 15 is 0 Å². The summed E-state index contributed by atoms with van der Waals surface area (Å²) in [6, 6.07) is 13.8. The second kappa shape index (κ2) is 5.74. The maximum atomic E-state index is 12.9. The second-order valence-electron chi connectivity index (χ2n) is 6.30. The largest absolute Gasteiger partial charge is 0.307 e. The Morgan fingerprint density at radius 2 is 1.92 bits per heavy atom. The van der Waals surface area contributed by atoms with Crippen LogP contribution in [-0.2, 0) is 5.75 Å². The van der Waals surface area contributed by atoms with Crippen molar-refractivity contribution in [2.75, 3.05) is 0 Å². The fourth-order valence-corrected chi connectivity index (χ4v) is 4.03. The van der Waals surface area contributed by atoms with Crippen LogP contribution in [0.15, 0.2) is 64.8 Å². The molecule has 3 heterocycles. The number of nitrogens with zero attached hydrogens (tertiary/aromatic N) is 4. The lowest BCUT2D eigenvalue weighted by molar-refractivity contribution is 0.618. The molecule has 1 aliphatic carbocycles. The second-order valence-corrected chi connectivity index (χ2v) is 7.25. The molecule has 0 amide bonds. The van der Waals surface area contributed by atoms with E-state index in [4.69, 9.17) is 4.98 Å². The molecule has 0 unspecified atom stereocenters. The molecule has 0 radical (unpaired) electrons. The number of pyridine rings is 1. The zero-order chi connectivity index (χ0) is 16.8. The minimum Gasteiger partial charge on any atom is -0.307 e. The quantitative estimate of drug-likeness (QED) is 0.417. The van der Waals surface area contributed by atoms with Crippen LogP contribution in [0, 0.1) is 0 Å². The number of hydrogen-bond donors (Lipinski definition) is 0. The predicted octanol–water partition coefficient (Wildman–Crippen LogP) is 3.67. The molecule has 0 aliphatic heterocycles. The van der Waals surface area contributed by atoms with Gasteiger partial charge in [-0.15, -0.1) is 0 Å². The van der Waals surface area contributed by atoms with E-state index in [1.807, 2.05) is 63.8 Å². The van der Waals surface area contributed by atoms with Gasteiger partial charge in [0.05, 0.1) is 16.6 Å². The molecule has 1 saturated carbocycles. The van der Waals surface area contributed by atoms with E-state index in [1.165, 1.54) is 0 Å². The SMILES string of the molecule is O=c1c2ccccc2nc(SCc2cn3ccccc3n2)n1C1CC1. The molecular weight excluding hydrogens is 332 g/mol. The van der Waals surface area contributed by atoms with Crippen LogP contribution in [0.5, 0.6) is 0 Å². The minimum absolute atomic E-state index is 0.0746. The molecule has 0 bridgehead atoms. The number of imidazole rings is 1. The molecule has 1 fully saturated rings. The van der Waals surface area contributed by atoms with Crippen molar-refractivity contribution >= 4 is 28.3 Å². The Morgan fingerprint density at radius 3 is 2.76 bits per heavy atom. The summed E-state index contributed by atoms with van der Waals surface area (Å²) in [4.78, 5) is 22.3. The highest BCUT2D eigenvalue weighted by atomic mass is 32.2. The van der Waals surface area contributed by atoms with Crippen molar-refractivity contribution in [1.29, 1.82) is 0 Å². The van der Waals surface area contributed by atoms with Crippen molar-refractivity contribution in [3.05, 3.63) is 70.9 Å². The van der Waals surface area contributed by atoms with Gasteiger partial charge in [-0.05, 0) is 37.1 Å². The van der Waals surface area contributed by atoms with Gasteiger partial charge in [0.2, 0.25) is 0 Å². The Morgan fingerprint density at radius 1 is 1.08 bits per heavy atom. The van der Waals surface area contributed by atoms with E-state index in [0.29, 0.717) is 17.2 Å². The molecule has 5 rings (SSSR count). The summed E-state index contributed by atoms with van der Waals surface area (Å²) in [5.41, 5.74) is 2.76. The van der Waals surface area contributed by atoms with Crippen LogP contribution >= 0.6 is 11.8 Å². The van der Waals surface area contributed by atoms with Gasteiger partial charge in [0, 0.05) is 24.2 Å². The molecule has 4 aromatic rings. The molecule has 124 valence electrons. The standard InChI is InChI=1S/C19H16N4OS/c24-18-15-5-1-2-6-16(15)21-19(23(18)14-8-9-14)25-12-13-11-22-10-4-3-7-17(22)20-13/h1-7,10-11,14H,8-9,12H2. The van der Waals surface area contributed by atoms with Gasteiger partial charge in [-0.25, -0.2) is 9.97 Å². The summed E-state index contributed by atoms with van der Waals surface area (Å²) in [7, 11) is 0. The zero-order valence-corrected chi connectivity index (χ0v) is 14.3. The first-order valence-electron chi connectivity index (χ1n) is 8.36. The summed E-state index contributed by atoms with van der Waals surface area (Å²) in [6.07, 6.45) is 6.14. The topological polar surface area (TPSA) is 52.2 Å². The number of aromatic nitrogens is 4. The number of thioether (sulfide) groups is 1. The lowest BCUT2D eigenvalue weighted by Crippen LogP contribution is -2.22. The molecule has 6 heteroatoms. The first-order chi connectivity index (χ1) is 12.3. The molecule has 0 spiro atoms. The normalized spacial score (nSPS) is 14.4. The van der Waals surface area contributed by atoms with Gasteiger partial charge in [0.15, 0.2) is 5.16 Å². The van der Waals surface area contributed by atoms with Crippen molar-refractivity contribution in [1.82, 2.24) is 18.9 Å². The molecule has 25 heavy (non-hydrogen) atoms. The highest BCUT2D eigenvalue weighted by Gasteiger charge is 2.28. The van der Waals surface area contributed by atoms with Crippen LogP contribution < -0.4 is 5.56 Å². The predicted molar refractivity (Wildman–Crippen MR) is 99.0 cm³/mol. The van der Waals surface area contributed by atoms with Crippen LogP contribution in [0.3, 0.4) is 0 Å². The lowest BCUT2D eigenvalue weighted by atomic mass is 10.2. The van der Waals surface area contributed by atoms with Crippen LogP contribution in [0.2, 0.25) is 0 Å². The van der Waals surface area contributed by atoms with E-state index in [2.05, 4.69) is 4.98 Å². The summed E-state index contributed by atoms with van der Waals surface area (Å²) >= 11 is 1.59. The summed E-state index contributed by atoms with van der Waals surface area (Å²) in [5.74, 6) is 0.694. The average Bonchev–Trinajstić information content (AvgIpc) is 3.38. The first-order valence-corrected chi connectivity index (χ1v) is 9.35. The Balaban J connectivity index is 1.53. The Kier molecular flexibility index (Phi) is 3.38. The fraction of sp³-hybridized carbons (Fsp3) is 0.211. The molecule has 0 atom stereocenters. The Labute approximate surface area is 148 Å². The lowest BCUT2D eigenvalue weighted by Gasteiger charge is -2.11. The molecule has 0 N–H and O–H groups in total. The molecule has 3 aromatic heterocycles. The van der Waals surface area contributed by atoms with Crippen LogP contribution in [0.1, 0.15) is 24.6 Å². The van der Waals surface area contributed by atoms with Gasteiger partial charge < -0.3 is 4.40 Å². The van der Waals surface area contributed by atoms with Crippen LogP contribution in [0.25, 0.3) is 16.6 Å². The van der Waals surface area contributed by atoms with Crippen molar-refractivity contribution in [2.45, 2.75) is 29.8 Å². The van der Waals surface area contributed by atoms with Crippen molar-refractivity contribution in [2.24, 2.45) is 0 Å². The maximum absolute atomic E-state index is 12.9. The van der Waals surface area contributed by atoms with Crippen LogP contribution in [-0.4, -0.2) is 18.9 Å². The molecule has 1 aromatic carbocycles. The summed E-state index contributed by atoms with van der Waals surface area (Å²) < 4.78 is 3.89. The molecule has 0 saturated heterocycles. The summed E-state index contributed by atoms with van der Waals surface area (Å²) in [5, 5.41) is 1.50. The highest BCUT2D eigenvalue weighted by Crippen LogP contribution is 2.37. The Hall–Kier alpha value is -2.60. The first kappa shape index (κ1) is 14.7. The number of benzene rings is 1. The monoisotopic (exact) mass is 348 g/mol. The van der Waals surface area contributed by atoms with E-state index in [0.717, 1.165) is 34.9 Å². The molecular formula is C19H16N4OS. The van der Waals surface area contributed by atoms with Gasteiger partial charge in [0.1, 0.15) is 5.65 Å².